The molecule has 7 nitrogen and oxygen atoms in total. The fourth-order valence-electron chi connectivity index (χ4n) is 2.88. The molecule has 1 saturated heterocycles. The molecule has 0 bridgehead atoms. The number of aromatic nitrogens is 3. The van der Waals surface area contributed by atoms with Gasteiger partial charge < -0.3 is 9.26 Å². The van der Waals surface area contributed by atoms with Crippen LogP contribution in [0.5, 0.6) is 0 Å². The van der Waals surface area contributed by atoms with Crippen molar-refractivity contribution in [3.63, 3.8) is 0 Å². The molecule has 7 heteroatoms. The Balaban J connectivity index is 1.51. The number of pyridine rings is 1. The molecule has 130 valence electrons. The Bertz CT molecular complexity index is 618. The Morgan fingerprint density at radius 1 is 1.21 bits per heavy atom. The van der Waals surface area contributed by atoms with E-state index in [4.69, 9.17) is 9.26 Å². The number of methoxy groups -OCH3 is 1. The Hall–Kier alpha value is -1.83. The largest absolute Gasteiger partial charge is 0.374 e. The Kier molecular flexibility index (Phi) is 5.90. The smallest absolute Gasteiger partial charge is 0.240 e. The minimum atomic E-state index is -0.137. The van der Waals surface area contributed by atoms with Crippen LogP contribution < -0.4 is 0 Å². The lowest BCUT2D eigenvalue weighted by Gasteiger charge is -2.20. The Morgan fingerprint density at radius 2 is 2.00 bits per heavy atom. The summed E-state index contributed by atoms with van der Waals surface area (Å²) in [5, 5.41) is 3.99. The molecule has 0 N–H and O–H groups in total. The fraction of sp³-hybridized carbons (Fsp3) is 0.588. The molecular weight excluding hydrogens is 306 g/mol. The molecule has 3 heterocycles. The summed E-state index contributed by atoms with van der Waals surface area (Å²) in [6.45, 7) is 7.74. The zero-order chi connectivity index (χ0) is 16.8. The van der Waals surface area contributed by atoms with Gasteiger partial charge in [0, 0.05) is 39.1 Å². The van der Waals surface area contributed by atoms with Crippen molar-refractivity contribution in [2.24, 2.45) is 0 Å². The molecule has 1 unspecified atom stereocenters. The number of hydrogen-bond acceptors (Lipinski definition) is 7. The first-order valence-corrected chi connectivity index (χ1v) is 8.43. The van der Waals surface area contributed by atoms with Crippen LogP contribution in [-0.4, -0.2) is 58.2 Å². The number of hydrogen-bond donors (Lipinski definition) is 0. The third-order valence-electron chi connectivity index (χ3n) is 4.37. The standard InChI is InChI=1S/C17H25N5O2/c1-14(23-2)17-19-16(24-20-17)13-22-8-4-7-21(9-10-22)12-15-5-3-6-18-11-15/h3,5-6,11,14H,4,7-10,12-13H2,1-2H3. The van der Waals surface area contributed by atoms with Crippen LogP contribution in [0.3, 0.4) is 0 Å². The minimum absolute atomic E-state index is 0.137. The van der Waals surface area contributed by atoms with Gasteiger partial charge in [-0.05, 0) is 38.1 Å². The van der Waals surface area contributed by atoms with Gasteiger partial charge in [-0.2, -0.15) is 4.98 Å². The normalized spacial score (nSPS) is 18.4. The van der Waals surface area contributed by atoms with Crippen molar-refractivity contribution in [2.45, 2.75) is 32.5 Å². The van der Waals surface area contributed by atoms with Gasteiger partial charge in [0.05, 0.1) is 6.54 Å². The van der Waals surface area contributed by atoms with E-state index >= 15 is 0 Å². The highest BCUT2D eigenvalue weighted by atomic mass is 16.5. The summed E-state index contributed by atoms with van der Waals surface area (Å²) < 4.78 is 10.6. The highest BCUT2D eigenvalue weighted by Crippen LogP contribution is 2.14. The molecule has 0 aromatic carbocycles. The van der Waals surface area contributed by atoms with Crippen LogP contribution >= 0.6 is 0 Å². The van der Waals surface area contributed by atoms with Gasteiger partial charge in [-0.25, -0.2) is 0 Å². The first kappa shape index (κ1) is 17.0. The molecule has 0 aliphatic carbocycles. The first-order chi connectivity index (χ1) is 11.7. The second-order valence-corrected chi connectivity index (χ2v) is 6.19. The Morgan fingerprint density at radius 3 is 2.71 bits per heavy atom. The van der Waals surface area contributed by atoms with Crippen LogP contribution in [0.15, 0.2) is 29.0 Å². The van der Waals surface area contributed by atoms with E-state index in [1.807, 2.05) is 25.4 Å². The van der Waals surface area contributed by atoms with Gasteiger partial charge in [-0.3, -0.25) is 14.8 Å². The van der Waals surface area contributed by atoms with E-state index in [9.17, 15) is 0 Å². The molecule has 1 atom stereocenters. The molecule has 0 saturated carbocycles. The number of rotatable bonds is 6. The molecule has 1 fully saturated rings. The van der Waals surface area contributed by atoms with Crippen LogP contribution in [0.25, 0.3) is 0 Å². The lowest BCUT2D eigenvalue weighted by Crippen LogP contribution is -2.30. The molecule has 24 heavy (non-hydrogen) atoms. The lowest BCUT2D eigenvalue weighted by molar-refractivity contribution is 0.109. The van der Waals surface area contributed by atoms with Gasteiger partial charge in [0.1, 0.15) is 6.10 Å². The summed E-state index contributed by atoms with van der Waals surface area (Å²) in [6.07, 6.45) is 4.76. The number of nitrogens with zero attached hydrogens (tertiary/aromatic N) is 5. The summed E-state index contributed by atoms with van der Waals surface area (Å²) in [6, 6.07) is 4.13. The van der Waals surface area contributed by atoms with Crippen LogP contribution in [0.4, 0.5) is 0 Å². The Labute approximate surface area is 142 Å². The third kappa shape index (κ3) is 4.59. The van der Waals surface area contributed by atoms with Crippen molar-refractivity contribution in [1.82, 2.24) is 24.9 Å². The predicted octanol–water partition coefficient (Wildman–Crippen LogP) is 1.88. The van der Waals surface area contributed by atoms with Crippen LogP contribution in [0.1, 0.15) is 36.7 Å². The molecule has 1 aliphatic heterocycles. The molecule has 0 amide bonds. The van der Waals surface area contributed by atoms with E-state index in [1.54, 1.807) is 7.11 Å². The monoisotopic (exact) mass is 331 g/mol. The average molecular weight is 331 g/mol. The summed E-state index contributed by atoms with van der Waals surface area (Å²) >= 11 is 0. The summed E-state index contributed by atoms with van der Waals surface area (Å²) in [7, 11) is 1.65. The summed E-state index contributed by atoms with van der Waals surface area (Å²) in [5.74, 6) is 1.27. The van der Waals surface area contributed by atoms with Crippen molar-refractivity contribution in [3.05, 3.63) is 41.8 Å². The SMILES string of the molecule is COC(C)c1noc(CN2CCCN(Cc3cccnc3)CC2)n1. The summed E-state index contributed by atoms with van der Waals surface area (Å²) in [4.78, 5) is 13.5. The highest BCUT2D eigenvalue weighted by Gasteiger charge is 2.19. The van der Waals surface area contributed by atoms with Gasteiger partial charge in [-0.1, -0.05) is 11.2 Å². The summed E-state index contributed by atoms with van der Waals surface area (Å²) in [5.41, 5.74) is 1.26. The topological polar surface area (TPSA) is 67.5 Å². The molecule has 3 rings (SSSR count). The van der Waals surface area contributed by atoms with Gasteiger partial charge in [0.25, 0.3) is 0 Å². The van der Waals surface area contributed by atoms with E-state index in [2.05, 4.69) is 31.0 Å². The maximum Gasteiger partial charge on any atom is 0.240 e. The maximum atomic E-state index is 5.35. The average Bonchev–Trinajstić information content (AvgIpc) is 2.97. The highest BCUT2D eigenvalue weighted by molar-refractivity contribution is 5.08. The molecule has 0 spiro atoms. The second kappa shape index (κ2) is 8.32. The fourth-order valence-corrected chi connectivity index (χ4v) is 2.88. The zero-order valence-corrected chi connectivity index (χ0v) is 14.4. The van der Waals surface area contributed by atoms with E-state index in [0.717, 1.165) is 39.1 Å². The van der Waals surface area contributed by atoms with E-state index in [1.165, 1.54) is 5.56 Å². The van der Waals surface area contributed by atoms with Crippen molar-refractivity contribution < 1.29 is 9.26 Å². The van der Waals surface area contributed by atoms with Crippen molar-refractivity contribution >= 4 is 0 Å². The molecule has 2 aromatic rings. The van der Waals surface area contributed by atoms with E-state index in [0.29, 0.717) is 18.3 Å². The van der Waals surface area contributed by atoms with Crippen molar-refractivity contribution in [2.75, 3.05) is 33.3 Å². The first-order valence-electron chi connectivity index (χ1n) is 8.43. The van der Waals surface area contributed by atoms with E-state index in [-0.39, 0.29) is 6.10 Å². The lowest BCUT2D eigenvalue weighted by atomic mass is 10.2. The van der Waals surface area contributed by atoms with Gasteiger partial charge in [0.15, 0.2) is 5.82 Å². The van der Waals surface area contributed by atoms with Crippen molar-refractivity contribution in [1.29, 1.82) is 0 Å². The molecule has 2 aromatic heterocycles. The maximum absolute atomic E-state index is 5.35. The van der Waals surface area contributed by atoms with E-state index < -0.39 is 0 Å². The van der Waals surface area contributed by atoms with Gasteiger partial charge >= 0.3 is 0 Å². The molecular formula is C17H25N5O2. The molecule has 1 aliphatic rings. The third-order valence-corrected chi connectivity index (χ3v) is 4.37. The van der Waals surface area contributed by atoms with Gasteiger partial charge in [0.2, 0.25) is 5.89 Å². The quantitative estimate of drug-likeness (QED) is 0.800. The zero-order valence-electron chi connectivity index (χ0n) is 14.4. The van der Waals surface area contributed by atoms with Crippen LogP contribution in [0, 0.1) is 0 Å². The minimum Gasteiger partial charge on any atom is -0.374 e. The van der Waals surface area contributed by atoms with Gasteiger partial charge in [-0.15, -0.1) is 0 Å². The van der Waals surface area contributed by atoms with Crippen LogP contribution in [-0.2, 0) is 17.8 Å². The van der Waals surface area contributed by atoms with Crippen molar-refractivity contribution in [3.8, 4) is 0 Å². The predicted molar refractivity (Wildman–Crippen MR) is 89.1 cm³/mol. The van der Waals surface area contributed by atoms with Crippen LogP contribution in [0.2, 0.25) is 0 Å². The second-order valence-electron chi connectivity index (χ2n) is 6.19. The molecule has 0 radical (unpaired) electrons. The number of ether oxygens (including phenoxy) is 1.